The van der Waals surface area contributed by atoms with Gasteiger partial charge >= 0.3 is 0 Å². The third-order valence-corrected chi connectivity index (χ3v) is 4.04. The number of anilines is 1. The number of rotatable bonds is 1. The first-order valence-electron chi connectivity index (χ1n) is 6.05. The fourth-order valence-electron chi connectivity index (χ4n) is 3.27. The largest absolute Gasteiger partial charge is 0.368 e. The summed E-state index contributed by atoms with van der Waals surface area (Å²) in [5.74, 6) is 0.917. The van der Waals surface area contributed by atoms with Gasteiger partial charge < -0.3 is 4.90 Å². The van der Waals surface area contributed by atoms with Crippen LogP contribution in [-0.2, 0) is 0 Å². The topological polar surface area (TPSA) is 27.0 Å². The summed E-state index contributed by atoms with van der Waals surface area (Å²) in [5, 5.41) is 8.86. The molecule has 1 saturated heterocycles. The maximum absolute atomic E-state index is 8.86. The summed E-state index contributed by atoms with van der Waals surface area (Å²) in [6.45, 7) is 3.33. The highest BCUT2D eigenvalue weighted by Gasteiger charge is 2.38. The maximum atomic E-state index is 8.86. The van der Waals surface area contributed by atoms with Crippen LogP contribution in [0.25, 0.3) is 0 Å². The van der Waals surface area contributed by atoms with Gasteiger partial charge in [-0.05, 0) is 55.9 Å². The van der Waals surface area contributed by atoms with Gasteiger partial charge in [-0.15, -0.1) is 0 Å². The molecular weight excluding hydrogens is 196 g/mol. The zero-order valence-corrected chi connectivity index (χ0v) is 9.61. The van der Waals surface area contributed by atoms with E-state index in [2.05, 4.69) is 24.0 Å². The van der Waals surface area contributed by atoms with Crippen LogP contribution in [0, 0.1) is 24.2 Å². The van der Waals surface area contributed by atoms with Gasteiger partial charge in [-0.2, -0.15) is 5.26 Å². The SMILES string of the molecule is Cc1cc(C#N)ccc1N1C[C@@H]2CC[C@@H]1C2. The van der Waals surface area contributed by atoms with E-state index < -0.39 is 0 Å². The molecule has 0 amide bonds. The molecule has 82 valence electrons. The van der Waals surface area contributed by atoms with Crippen molar-refractivity contribution in [2.24, 2.45) is 5.92 Å². The van der Waals surface area contributed by atoms with E-state index in [9.17, 15) is 0 Å². The Morgan fingerprint density at radius 3 is 2.81 bits per heavy atom. The maximum Gasteiger partial charge on any atom is 0.0991 e. The second-order valence-corrected chi connectivity index (χ2v) is 5.10. The first-order valence-corrected chi connectivity index (χ1v) is 6.05. The lowest BCUT2D eigenvalue weighted by molar-refractivity contribution is 0.553. The van der Waals surface area contributed by atoms with E-state index in [1.54, 1.807) is 0 Å². The smallest absolute Gasteiger partial charge is 0.0991 e. The molecule has 1 aliphatic carbocycles. The van der Waals surface area contributed by atoms with E-state index in [1.807, 2.05) is 12.1 Å². The van der Waals surface area contributed by atoms with E-state index in [0.29, 0.717) is 0 Å². The fraction of sp³-hybridized carbons (Fsp3) is 0.500. The van der Waals surface area contributed by atoms with E-state index >= 15 is 0 Å². The summed E-state index contributed by atoms with van der Waals surface area (Å²) in [7, 11) is 0. The zero-order chi connectivity index (χ0) is 11.1. The molecule has 1 saturated carbocycles. The molecule has 16 heavy (non-hydrogen) atoms. The average Bonchev–Trinajstić information content (AvgIpc) is 2.90. The molecule has 1 heterocycles. The van der Waals surface area contributed by atoms with E-state index in [-0.39, 0.29) is 0 Å². The van der Waals surface area contributed by atoms with Crippen molar-refractivity contribution >= 4 is 5.69 Å². The lowest BCUT2D eigenvalue weighted by Gasteiger charge is -2.30. The van der Waals surface area contributed by atoms with Crippen LogP contribution in [0.5, 0.6) is 0 Å². The first-order chi connectivity index (χ1) is 7.78. The van der Waals surface area contributed by atoms with Crippen molar-refractivity contribution < 1.29 is 0 Å². The molecule has 0 N–H and O–H groups in total. The van der Waals surface area contributed by atoms with Gasteiger partial charge in [0.25, 0.3) is 0 Å². The van der Waals surface area contributed by atoms with E-state index in [0.717, 1.165) is 17.5 Å². The number of benzene rings is 1. The quantitative estimate of drug-likeness (QED) is 0.715. The molecule has 0 radical (unpaired) electrons. The Morgan fingerprint density at radius 1 is 1.38 bits per heavy atom. The predicted octanol–water partition coefficient (Wildman–Crippen LogP) is 2.86. The Morgan fingerprint density at radius 2 is 2.25 bits per heavy atom. The summed E-state index contributed by atoms with van der Waals surface area (Å²) >= 11 is 0. The number of nitriles is 1. The molecule has 2 nitrogen and oxygen atoms in total. The summed E-state index contributed by atoms with van der Waals surface area (Å²) in [6, 6.07) is 9.02. The van der Waals surface area contributed by atoms with Crippen molar-refractivity contribution in [2.45, 2.75) is 32.2 Å². The Balaban J connectivity index is 1.93. The van der Waals surface area contributed by atoms with Crippen LogP contribution >= 0.6 is 0 Å². The molecule has 3 rings (SSSR count). The number of piperidine rings is 1. The fourth-order valence-corrected chi connectivity index (χ4v) is 3.27. The Labute approximate surface area is 96.5 Å². The average molecular weight is 212 g/mol. The van der Waals surface area contributed by atoms with Crippen LogP contribution < -0.4 is 4.90 Å². The summed E-state index contributed by atoms with van der Waals surface area (Å²) in [6.07, 6.45) is 4.14. The standard InChI is InChI=1S/C14H16N2/c1-10-6-11(8-15)3-5-14(10)16-9-12-2-4-13(16)7-12/h3,5-6,12-13H,2,4,7,9H2,1H3/t12-,13-/m1/s1. The summed E-state index contributed by atoms with van der Waals surface area (Å²) in [5.41, 5.74) is 3.35. The van der Waals surface area contributed by atoms with Crippen molar-refractivity contribution in [3.8, 4) is 6.07 Å². The second kappa shape index (κ2) is 3.52. The summed E-state index contributed by atoms with van der Waals surface area (Å²) in [4.78, 5) is 2.55. The van der Waals surface area contributed by atoms with Crippen molar-refractivity contribution in [1.29, 1.82) is 5.26 Å². The molecule has 0 spiro atoms. The number of nitrogens with zero attached hydrogens (tertiary/aromatic N) is 2. The van der Waals surface area contributed by atoms with Crippen LogP contribution in [0.3, 0.4) is 0 Å². The van der Waals surface area contributed by atoms with Crippen molar-refractivity contribution in [1.82, 2.24) is 0 Å². The lowest BCUT2D eigenvalue weighted by Crippen LogP contribution is -2.32. The van der Waals surface area contributed by atoms with Crippen LogP contribution in [0.1, 0.15) is 30.4 Å². The van der Waals surface area contributed by atoms with Gasteiger partial charge in [0.05, 0.1) is 11.6 Å². The Kier molecular flexibility index (Phi) is 2.14. The van der Waals surface area contributed by atoms with Crippen molar-refractivity contribution in [3.63, 3.8) is 0 Å². The van der Waals surface area contributed by atoms with E-state index in [4.69, 9.17) is 5.26 Å². The Hall–Kier alpha value is -1.49. The third-order valence-electron chi connectivity index (χ3n) is 4.04. The highest BCUT2D eigenvalue weighted by Crippen LogP contribution is 2.41. The first kappa shape index (κ1) is 9.72. The normalized spacial score (nSPS) is 27.1. The minimum Gasteiger partial charge on any atom is -0.368 e. The van der Waals surface area contributed by atoms with Crippen LogP contribution in [-0.4, -0.2) is 12.6 Å². The highest BCUT2D eigenvalue weighted by molar-refractivity contribution is 5.58. The lowest BCUT2D eigenvalue weighted by atomic mass is 10.1. The number of hydrogen-bond donors (Lipinski definition) is 0. The molecule has 2 fully saturated rings. The van der Waals surface area contributed by atoms with Gasteiger partial charge in [-0.1, -0.05) is 0 Å². The number of fused-ring (bicyclic) bond motifs is 2. The minimum absolute atomic E-state index is 0.761. The monoisotopic (exact) mass is 212 g/mol. The highest BCUT2D eigenvalue weighted by atomic mass is 15.2. The summed E-state index contributed by atoms with van der Waals surface area (Å²) < 4.78 is 0. The third kappa shape index (κ3) is 1.39. The van der Waals surface area contributed by atoms with Crippen molar-refractivity contribution in [2.75, 3.05) is 11.4 Å². The number of hydrogen-bond acceptors (Lipinski definition) is 2. The van der Waals surface area contributed by atoms with Gasteiger partial charge in [0, 0.05) is 18.3 Å². The molecule has 1 aliphatic heterocycles. The van der Waals surface area contributed by atoms with Crippen LogP contribution in [0.2, 0.25) is 0 Å². The van der Waals surface area contributed by atoms with Gasteiger partial charge in [0.15, 0.2) is 0 Å². The van der Waals surface area contributed by atoms with Gasteiger partial charge in [0.2, 0.25) is 0 Å². The molecule has 2 heteroatoms. The van der Waals surface area contributed by atoms with Crippen LogP contribution in [0.4, 0.5) is 5.69 Å². The van der Waals surface area contributed by atoms with Crippen molar-refractivity contribution in [3.05, 3.63) is 29.3 Å². The molecule has 2 atom stereocenters. The van der Waals surface area contributed by atoms with E-state index in [1.165, 1.54) is 37.1 Å². The molecule has 1 aromatic carbocycles. The molecule has 2 aliphatic rings. The molecule has 2 bridgehead atoms. The molecule has 1 aromatic rings. The predicted molar refractivity (Wildman–Crippen MR) is 64.4 cm³/mol. The zero-order valence-electron chi connectivity index (χ0n) is 9.61. The number of aryl methyl sites for hydroxylation is 1. The molecular formula is C14H16N2. The van der Waals surface area contributed by atoms with Gasteiger partial charge in [-0.25, -0.2) is 0 Å². The van der Waals surface area contributed by atoms with Gasteiger partial charge in [0.1, 0.15) is 0 Å². The minimum atomic E-state index is 0.761. The Bertz CT molecular complexity index is 458. The molecule has 0 aromatic heterocycles. The van der Waals surface area contributed by atoms with Crippen LogP contribution in [0.15, 0.2) is 18.2 Å². The van der Waals surface area contributed by atoms with Gasteiger partial charge in [-0.3, -0.25) is 0 Å². The molecule has 0 unspecified atom stereocenters. The second-order valence-electron chi connectivity index (χ2n) is 5.10.